The molecule has 4 nitrogen and oxygen atoms in total. The second kappa shape index (κ2) is 3.73. The molecule has 1 atom stereocenters. The van der Waals surface area contributed by atoms with Gasteiger partial charge in [-0.25, -0.2) is 9.79 Å². The minimum absolute atomic E-state index is 0.323. The Labute approximate surface area is 87.5 Å². The highest BCUT2D eigenvalue weighted by molar-refractivity contribution is 6.07. The second-order valence-electron chi connectivity index (χ2n) is 3.23. The highest BCUT2D eigenvalue weighted by Crippen LogP contribution is 2.22. The molecule has 0 saturated heterocycles. The maximum Gasteiger partial charge on any atom is 0.337 e. The summed E-state index contributed by atoms with van der Waals surface area (Å²) in [6.45, 7) is 1.70. The predicted molar refractivity (Wildman–Crippen MR) is 55.1 cm³/mol. The molecule has 0 aromatic heterocycles. The lowest BCUT2D eigenvalue weighted by Crippen LogP contribution is -2.11. The molecule has 1 aliphatic heterocycles. The van der Waals surface area contributed by atoms with Crippen molar-refractivity contribution in [3.8, 4) is 5.75 Å². The lowest BCUT2D eigenvalue weighted by Gasteiger charge is -2.06. The first kappa shape index (κ1) is 9.71. The van der Waals surface area contributed by atoms with E-state index >= 15 is 0 Å². The summed E-state index contributed by atoms with van der Waals surface area (Å²) < 4.78 is 10.2. The van der Waals surface area contributed by atoms with Crippen molar-refractivity contribution in [3.05, 3.63) is 29.8 Å². The Hall–Kier alpha value is -1.84. The van der Waals surface area contributed by atoms with Gasteiger partial charge in [-0.05, 0) is 19.1 Å². The van der Waals surface area contributed by atoms with Crippen molar-refractivity contribution in [3.63, 3.8) is 0 Å². The fraction of sp³-hybridized carbons (Fsp3) is 0.273. The molecule has 0 N–H and O–H groups in total. The van der Waals surface area contributed by atoms with E-state index in [1.807, 2.05) is 18.2 Å². The number of carbonyl (C=O) groups is 1. The van der Waals surface area contributed by atoms with Gasteiger partial charge in [-0.1, -0.05) is 12.1 Å². The predicted octanol–water partition coefficient (Wildman–Crippen LogP) is 1.39. The standard InChI is InChI=1S/C11H11NO3/c1-7-11(13)15-10(12-7)8-5-3-4-6-9(8)14-2/h3-7H,1-2H3. The van der Waals surface area contributed by atoms with Crippen LogP contribution in [-0.2, 0) is 9.53 Å². The largest absolute Gasteiger partial charge is 0.496 e. The van der Waals surface area contributed by atoms with Crippen LogP contribution < -0.4 is 4.74 Å². The molecule has 0 aliphatic carbocycles. The summed E-state index contributed by atoms with van der Waals surface area (Å²) in [4.78, 5) is 15.3. The third-order valence-electron chi connectivity index (χ3n) is 2.19. The number of carbonyl (C=O) groups excluding carboxylic acids is 1. The molecule has 2 rings (SSSR count). The van der Waals surface area contributed by atoms with Crippen LogP contribution in [0.3, 0.4) is 0 Å². The number of rotatable bonds is 2. The van der Waals surface area contributed by atoms with Crippen LogP contribution in [0.4, 0.5) is 0 Å². The molecule has 0 bridgehead atoms. The number of esters is 1. The lowest BCUT2D eigenvalue weighted by atomic mass is 10.2. The summed E-state index contributed by atoms with van der Waals surface area (Å²) in [6.07, 6.45) is 0. The van der Waals surface area contributed by atoms with Gasteiger partial charge >= 0.3 is 5.97 Å². The van der Waals surface area contributed by atoms with Gasteiger partial charge in [0, 0.05) is 0 Å². The van der Waals surface area contributed by atoms with Crippen molar-refractivity contribution in [2.75, 3.05) is 7.11 Å². The molecule has 1 aromatic rings. The molecule has 0 spiro atoms. The lowest BCUT2D eigenvalue weighted by molar-refractivity contribution is -0.134. The van der Waals surface area contributed by atoms with Crippen LogP contribution in [0.2, 0.25) is 0 Å². The van der Waals surface area contributed by atoms with Crippen LogP contribution in [0.15, 0.2) is 29.3 Å². The van der Waals surface area contributed by atoms with Crippen molar-refractivity contribution in [2.45, 2.75) is 13.0 Å². The fourth-order valence-electron chi connectivity index (χ4n) is 1.38. The van der Waals surface area contributed by atoms with E-state index in [-0.39, 0.29) is 5.97 Å². The number of aliphatic imine (C=N–C) groups is 1. The summed E-state index contributed by atoms with van der Waals surface area (Å²) in [7, 11) is 1.57. The number of hydrogen-bond donors (Lipinski definition) is 0. The molecule has 1 unspecified atom stereocenters. The molecule has 4 heteroatoms. The number of methoxy groups -OCH3 is 1. The highest BCUT2D eigenvalue weighted by atomic mass is 16.6. The topological polar surface area (TPSA) is 47.9 Å². The molecule has 1 heterocycles. The molecule has 1 aromatic carbocycles. The Morgan fingerprint density at radius 1 is 1.40 bits per heavy atom. The van der Waals surface area contributed by atoms with Gasteiger partial charge in [-0.15, -0.1) is 0 Å². The fourth-order valence-corrected chi connectivity index (χ4v) is 1.38. The van der Waals surface area contributed by atoms with Gasteiger partial charge < -0.3 is 9.47 Å². The van der Waals surface area contributed by atoms with Gasteiger partial charge in [0.2, 0.25) is 5.90 Å². The second-order valence-corrected chi connectivity index (χ2v) is 3.23. The molecular formula is C11H11NO3. The number of hydrogen-bond acceptors (Lipinski definition) is 4. The average Bonchev–Trinajstić information content (AvgIpc) is 2.59. The van der Waals surface area contributed by atoms with Crippen LogP contribution in [0.5, 0.6) is 5.75 Å². The summed E-state index contributed by atoms with van der Waals surface area (Å²) in [6, 6.07) is 6.88. The van der Waals surface area contributed by atoms with E-state index in [1.165, 1.54) is 0 Å². The highest BCUT2D eigenvalue weighted by Gasteiger charge is 2.27. The zero-order valence-corrected chi connectivity index (χ0v) is 8.56. The SMILES string of the molecule is COc1ccccc1C1=NC(C)C(=O)O1. The Morgan fingerprint density at radius 2 is 2.13 bits per heavy atom. The maximum atomic E-state index is 11.2. The van der Waals surface area contributed by atoms with Crippen LogP contribution in [0.1, 0.15) is 12.5 Å². The minimum Gasteiger partial charge on any atom is -0.496 e. The van der Waals surface area contributed by atoms with Gasteiger partial charge in [-0.3, -0.25) is 0 Å². The van der Waals surface area contributed by atoms with Crippen LogP contribution in [-0.4, -0.2) is 25.0 Å². The smallest absolute Gasteiger partial charge is 0.337 e. The van der Waals surface area contributed by atoms with E-state index < -0.39 is 6.04 Å². The van der Waals surface area contributed by atoms with Crippen LogP contribution in [0.25, 0.3) is 0 Å². The molecule has 0 radical (unpaired) electrons. The third-order valence-corrected chi connectivity index (χ3v) is 2.19. The van der Waals surface area contributed by atoms with E-state index in [2.05, 4.69) is 4.99 Å². The zero-order valence-electron chi connectivity index (χ0n) is 8.56. The van der Waals surface area contributed by atoms with Gasteiger partial charge in [0.15, 0.2) is 0 Å². The Bertz CT molecular complexity index is 426. The number of cyclic esters (lactones) is 1. The number of para-hydroxylation sites is 1. The van der Waals surface area contributed by atoms with Crippen molar-refractivity contribution >= 4 is 11.9 Å². The Morgan fingerprint density at radius 3 is 2.73 bits per heavy atom. The Balaban J connectivity index is 2.38. The first-order chi connectivity index (χ1) is 7.22. The summed E-state index contributed by atoms with van der Waals surface area (Å²) in [5.41, 5.74) is 0.706. The van der Waals surface area contributed by atoms with E-state index in [4.69, 9.17) is 9.47 Å². The van der Waals surface area contributed by atoms with E-state index in [0.29, 0.717) is 17.2 Å². The Kier molecular flexibility index (Phi) is 2.41. The van der Waals surface area contributed by atoms with E-state index in [0.717, 1.165) is 0 Å². The van der Waals surface area contributed by atoms with Crippen molar-refractivity contribution < 1.29 is 14.3 Å². The van der Waals surface area contributed by atoms with Crippen molar-refractivity contribution in [2.24, 2.45) is 4.99 Å². The van der Waals surface area contributed by atoms with Gasteiger partial charge in [0.25, 0.3) is 0 Å². The number of ether oxygens (including phenoxy) is 2. The molecule has 1 aliphatic rings. The molecule has 0 fully saturated rings. The summed E-state index contributed by atoms with van der Waals surface area (Å²) >= 11 is 0. The monoisotopic (exact) mass is 205 g/mol. The normalized spacial score (nSPS) is 19.7. The first-order valence-corrected chi connectivity index (χ1v) is 4.65. The van der Waals surface area contributed by atoms with E-state index in [9.17, 15) is 4.79 Å². The van der Waals surface area contributed by atoms with Gasteiger partial charge in [-0.2, -0.15) is 0 Å². The average molecular weight is 205 g/mol. The molecule has 0 saturated carbocycles. The summed E-state index contributed by atoms with van der Waals surface area (Å²) in [5, 5.41) is 0. The minimum atomic E-state index is -0.426. The van der Waals surface area contributed by atoms with Crippen molar-refractivity contribution in [1.29, 1.82) is 0 Å². The first-order valence-electron chi connectivity index (χ1n) is 4.65. The van der Waals surface area contributed by atoms with Crippen LogP contribution >= 0.6 is 0 Å². The summed E-state index contributed by atoms with van der Waals surface area (Å²) in [5.74, 6) is 0.666. The third kappa shape index (κ3) is 1.70. The van der Waals surface area contributed by atoms with Crippen molar-refractivity contribution in [1.82, 2.24) is 0 Å². The van der Waals surface area contributed by atoms with Crippen LogP contribution in [0, 0.1) is 0 Å². The number of nitrogens with zero attached hydrogens (tertiary/aromatic N) is 1. The molecule has 0 amide bonds. The molecule has 15 heavy (non-hydrogen) atoms. The molecule has 78 valence electrons. The van der Waals surface area contributed by atoms with E-state index in [1.54, 1.807) is 20.1 Å². The van der Waals surface area contributed by atoms with Gasteiger partial charge in [0.1, 0.15) is 11.8 Å². The molecular weight excluding hydrogens is 194 g/mol. The zero-order chi connectivity index (χ0) is 10.8. The number of benzene rings is 1. The maximum absolute atomic E-state index is 11.2. The quantitative estimate of drug-likeness (QED) is 0.685. The van der Waals surface area contributed by atoms with Gasteiger partial charge in [0.05, 0.1) is 12.7 Å².